The zero-order valence-corrected chi connectivity index (χ0v) is 12.6. The Balaban J connectivity index is 3.39. The van der Waals surface area contributed by atoms with E-state index in [-0.39, 0.29) is 6.10 Å². The minimum Gasteiger partial charge on any atom is -0.493 e. The molecule has 1 aromatic carbocycles. The standard InChI is InChI=1S/C13H20BrNO2/c1-8(2)17-12-10(13(3,4)15)6-9(14)7-11(12)16-5/h6-8H,15H2,1-5H3. The van der Waals surface area contributed by atoms with Crippen LogP contribution in [0.1, 0.15) is 33.3 Å². The molecule has 0 aliphatic heterocycles. The van der Waals surface area contributed by atoms with Gasteiger partial charge in [0.2, 0.25) is 0 Å². The molecule has 0 amide bonds. The predicted octanol–water partition coefficient (Wildman–Crippen LogP) is 3.44. The second-order valence-corrected chi connectivity index (χ2v) is 5.79. The molecule has 0 aromatic heterocycles. The van der Waals surface area contributed by atoms with Gasteiger partial charge in [-0.1, -0.05) is 15.9 Å². The third-order valence-corrected chi connectivity index (χ3v) is 2.75. The van der Waals surface area contributed by atoms with Gasteiger partial charge in [0.25, 0.3) is 0 Å². The van der Waals surface area contributed by atoms with Gasteiger partial charge < -0.3 is 15.2 Å². The van der Waals surface area contributed by atoms with Crippen LogP contribution in [0.25, 0.3) is 0 Å². The van der Waals surface area contributed by atoms with Crippen LogP contribution in [0.4, 0.5) is 0 Å². The van der Waals surface area contributed by atoms with E-state index >= 15 is 0 Å². The summed E-state index contributed by atoms with van der Waals surface area (Å²) in [5, 5.41) is 0. The first-order valence-electron chi connectivity index (χ1n) is 5.59. The molecule has 1 aromatic rings. The Morgan fingerprint density at radius 2 is 1.88 bits per heavy atom. The number of hydrogen-bond acceptors (Lipinski definition) is 3. The van der Waals surface area contributed by atoms with Crippen molar-refractivity contribution in [2.24, 2.45) is 5.73 Å². The molecule has 0 fully saturated rings. The van der Waals surface area contributed by atoms with E-state index in [0.29, 0.717) is 5.75 Å². The van der Waals surface area contributed by atoms with E-state index in [1.54, 1.807) is 7.11 Å². The van der Waals surface area contributed by atoms with Gasteiger partial charge in [0.15, 0.2) is 11.5 Å². The van der Waals surface area contributed by atoms with Crippen molar-refractivity contribution in [1.29, 1.82) is 0 Å². The van der Waals surface area contributed by atoms with Crippen LogP contribution in [0.15, 0.2) is 16.6 Å². The fraction of sp³-hybridized carbons (Fsp3) is 0.538. The molecule has 0 heterocycles. The molecular formula is C13H20BrNO2. The maximum atomic E-state index is 6.17. The second-order valence-electron chi connectivity index (χ2n) is 4.87. The highest BCUT2D eigenvalue weighted by atomic mass is 79.9. The summed E-state index contributed by atoms with van der Waals surface area (Å²) in [5.74, 6) is 1.42. The summed E-state index contributed by atoms with van der Waals surface area (Å²) in [6.45, 7) is 7.85. The van der Waals surface area contributed by atoms with Crippen LogP contribution in [0, 0.1) is 0 Å². The van der Waals surface area contributed by atoms with E-state index in [1.165, 1.54) is 0 Å². The minimum atomic E-state index is -0.485. The molecule has 96 valence electrons. The van der Waals surface area contributed by atoms with Crippen LogP contribution < -0.4 is 15.2 Å². The Kier molecular flexibility index (Phi) is 4.44. The molecule has 0 saturated carbocycles. The van der Waals surface area contributed by atoms with Gasteiger partial charge in [0.1, 0.15) is 0 Å². The lowest BCUT2D eigenvalue weighted by Crippen LogP contribution is -2.30. The molecule has 0 aliphatic rings. The zero-order valence-electron chi connectivity index (χ0n) is 11.0. The van der Waals surface area contributed by atoms with E-state index in [2.05, 4.69) is 15.9 Å². The van der Waals surface area contributed by atoms with E-state index < -0.39 is 5.54 Å². The van der Waals surface area contributed by atoms with Gasteiger partial charge in [0, 0.05) is 15.6 Å². The minimum absolute atomic E-state index is 0.0752. The van der Waals surface area contributed by atoms with Crippen molar-refractivity contribution in [3.05, 3.63) is 22.2 Å². The lowest BCUT2D eigenvalue weighted by atomic mass is 9.94. The van der Waals surface area contributed by atoms with Crippen molar-refractivity contribution < 1.29 is 9.47 Å². The number of nitrogens with two attached hydrogens (primary N) is 1. The molecule has 0 radical (unpaired) electrons. The highest BCUT2D eigenvalue weighted by molar-refractivity contribution is 9.10. The Hall–Kier alpha value is -0.740. The summed E-state index contributed by atoms with van der Waals surface area (Å²) < 4.78 is 12.1. The Morgan fingerprint density at radius 3 is 2.29 bits per heavy atom. The van der Waals surface area contributed by atoms with E-state index in [0.717, 1.165) is 15.8 Å². The van der Waals surface area contributed by atoms with Gasteiger partial charge in [-0.05, 0) is 39.8 Å². The highest BCUT2D eigenvalue weighted by Crippen LogP contribution is 2.39. The van der Waals surface area contributed by atoms with Crippen LogP contribution >= 0.6 is 15.9 Å². The highest BCUT2D eigenvalue weighted by Gasteiger charge is 2.24. The first-order chi connectivity index (χ1) is 7.75. The van der Waals surface area contributed by atoms with Crippen LogP contribution in [0.2, 0.25) is 0 Å². The number of methoxy groups -OCH3 is 1. The number of hydrogen-bond donors (Lipinski definition) is 1. The van der Waals surface area contributed by atoms with Gasteiger partial charge >= 0.3 is 0 Å². The average molecular weight is 302 g/mol. The van der Waals surface area contributed by atoms with Crippen molar-refractivity contribution in [2.75, 3.05) is 7.11 Å². The zero-order chi connectivity index (χ0) is 13.2. The van der Waals surface area contributed by atoms with Gasteiger partial charge in [-0.15, -0.1) is 0 Å². The van der Waals surface area contributed by atoms with Crippen molar-refractivity contribution in [2.45, 2.75) is 39.3 Å². The molecular weight excluding hydrogens is 282 g/mol. The summed E-state index contributed by atoms with van der Waals surface area (Å²) in [6.07, 6.45) is 0.0752. The summed E-state index contributed by atoms with van der Waals surface area (Å²) in [4.78, 5) is 0. The van der Waals surface area contributed by atoms with Crippen LogP contribution in [0.5, 0.6) is 11.5 Å². The van der Waals surface area contributed by atoms with E-state index in [4.69, 9.17) is 15.2 Å². The van der Waals surface area contributed by atoms with E-state index in [9.17, 15) is 0 Å². The van der Waals surface area contributed by atoms with Crippen LogP contribution in [-0.4, -0.2) is 13.2 Å². The molecule has 0 saturated heterocycles. The number of ether oxygens (including phenoxy) is 2. The SMILES string of the molecule is COc1cc(Br)cc(C(C)(C)N)c1OC(C)C. The predicted molar refractivity (Wildman–Crippen MR) is 73.7 cm³/mol. The summed E-state index contributed by atoms with van der Waals surface area (Å²) in [7, 11) is 1.63. The molecule has 1 rings (SSSR count). The largest absolute Gasteiger partial charge is 0.493 e. The number of halogens is 1. The molecule has 0 bridgehead atoms. The lowest BCUT2D eigenvalue weighted by Gasteiger charge is -2.25. The second kappa shape index (κ2) is 5.27. The normalized spacial score (nSPS) is 11.8. The van der Waals surface area contributed by atoms with Crippen molar-refractivity contribution >= 4 is 15.9 Å². The number of rotatable bonds is 4. The Morgan fingerprint density at radius 1 is 1.29 bits per heavy atom. The molecule has 0 unspecified atom stereocenters. The molecule has 0 spiro atoms. The van der Waals surface area contributed by atoms with Crippen molar-refractivity contribution in [3.63, 3.8) is 0 Å². The molecule has 3 nitrogen and oxygen atoms in total. The summed E-state index contributed by atoms with van der Waals surface area (Å²) >= 11 is 3.46. The van der Waals surface area contributed by atoms with Gasteiger partial charge in [-0.3, -0.25) is 0 Å². The van der Waals surface area contributed by atoms with Crippen LogP contribution in [-0.2, 0) is 5.54 Å². The topological polar surface area (TPSA) is 44.5 Å². The maximum absolute atomic E-state index is 6.17. The third kappa shape index (κ3) is 3.61. The fourth-order valence-corrected chi connectivity index (χ4v) is 1.99. The average Bonchev–Trinajstić information content (AvgIpc) is 2.17. The Bertz CT molecular complexity index is 397. The fourth-order valence-electron chi connectivity index (χ4n) is 1.56. The molecule has 17 heavy (non-hydrogen) atoms. The monoisotopic (exact) mass is 301 g/mol. The molecule has 0 aliphatic carbocycles. The molecule has 0 atom stereocenters. The smallest absolute Gasteiger partial charge is 0.166 e. The summed E-state index contributed by atoms with van der Waals surface area (Å²) in [5.41, 5.74) is 6.61. The summed E-state index contributed by atoms with van der Waals surface area (Å²) in [6, 6.07) is 3.85. The van der Waals surface area contributed by atoms with Gasteiger partial charge in [0.05, 0.1) is 13.2 Å². The van der Waals surface area contributed by atoms with Crippen molar-refractivity contribution in [1.82, 2.24) is 0 Å². The van der Waals surface area contributed by atoms with Gasteiger partial charge in [-0.25, -0.2) is 0 Å². The first-order valence-corrected chi connectivity index (χ1v) is 6.38. The maximum Gasteiger partial charge on any atom is 0.166 e. The third-order valence-electron chi connectivity index (χ3n) is 2.29. The number of benzene rings is 1. The lowest BCUT2D eigenvalue weighted by molar-refractivity contribution is 0.223. The first kappa shape index (κ1) is 14.3. The van der Waals surface area contributed by atoms with E-state index in [1.807, 2.05) is 39.8 Å². The molecule has 2 N–H and O–H groups in total. The van der Waals surface area contributed by atoms with Gasteiger partial charge in [-0.2, -0.15) is 0 Å². The quantitative estimate of drug-likeness (QED) is 0.926. The molecule has 4 heteroatoms. The Labute approximate surface area is 111 Å². The van der Waals surface area contributed by atoms with Crippen LogP contribution in [0.3, 0.4) is 0 Å². The van der Waals surface area contributed by atoms with Crippen molar-refractivity contribution in [3.8, 4) is 11.5 Å².